The predicted octanol–water partition coefficient (Wildman–Crippen LogP) is 2.78. The predicted molar refractivity (Wildman–Crippen MR) is 77.9 cm³/mol. The minimum absolute atomic E-state index is 0.297. The van der Waals surface area contributed by atoms with Gasteiger partial charge in [-0.15, -0.1) is 11.8 Å². The molecule has 0 fully saturated rings. The Morgan fingerprint density at radius 1 is 1.05 bits per heavy atom. The maximum Gasteiger partial charge on any atom is 0.336 e. The van der Waals surface area contributed by atoms with Gasteiger partial charge in [0.25, 0.3) is 0 Å². The summed E-state index contributed by atoms with van der Waals surface area (Å²) in [5, 5.41) is 9.10. The Kier molecular flexibility index (Phi) is 4.42. The van der Waals surface area contributed by atoms with E-state index in [1.165, 1.54) is 11.8 Å². The molecule has 0 heterocycles. The number of carbonyl (C=O) groups is 2. The molecule has 5 heteroatoms. The third-order valence-electron chi connectivity index (χ3n) is 2.75. The molecule has 0 aliphatic carbocycles. The van der Waals surface area contributed by atoms with Gasteiger partial charge in [-0.25, -0.2) is 4.79 Å². The monoisotopic (exact) mass is 287 g/mol. The van der Waals surface area contributed by atoms with E-state index in [2.05, 4.69) is 0 Å². The number of benzene rings is 2. The first-order valence-electron chi connectivity index (χ1n) is 5.92. The molecule has 2 rings (SSSR count). The number of carboxylic acid groups (broad SMARTS) is 1. The molecule has 20 heavy (non-hydrogen) atoms. The second-order valence-corrected chi connectivity index (χ2v) is 5.17. The lowest BCUT2D eigenvalue weighted by Crippen LogP contribution is -2.10. The third kappa shape index (κ3) is 3.39. The van der Waals surface area contributed by atoms with Gasteiger partial charge in [-0.3, -0.25) is 4.79 Å². The number of hydrogen-bond donors (Lipinski definition) is 2. The molecule has 3 N–H and O–H groups in total. The second-order valence-electron chi connectivity index (χ2n) is 4.15. The Bertz CT molecular complexity index is 638. The molecule has 0 aliphatic rings. The van der Waals surface area contributed by atoms with Crippen molar-refractivity contribution >= 4 is 23.6 Å². The molecule has 0 aliphatic heterocycles. The van der Waals surface area contributed by atoms with Gasteiger partial charge in [-0.1, -0.05) is 24.3 Å². The number of primary amides is 1. The highest BCUT2D eigenvalue weighted by Crippen LogP contribution is 2.26. The molecule has 0 spiro atoms. The van der Waals surface area contributed by atoms with Crippen molar-refractivity contribution < 1.29 is 14.7 Å². The van der Waals surface area contributed by atoms with E-state index in [9.17, 15) is 9.59 Å². The van der Waals surface area contributed by atoms with Crippen LogP contribution in [0.4, 0.5) is 0 Å². The van der Waals surface area contributed by atoms with Crippen molar-refractivity contribution in [1.82, 2.24) is 0 Å². The van der Waals surface area contributed by atoms with Crippen LogP contribution in [0.2, 0.25) is 0 Å². The molecule has 102 valence electrons. The van der Waals surface area contributed by atoms with Crippen LogP contribution in [0.3, 0.4) is 0 Å². The van der Waals surface area contributed by atoms with Crippen LogP contribution in [0.25, 0.3) is 0 Å². The lowest BCUT2D eigenvalue weighted by molar-refractivity contribution is 0.0693. The van der Waals surface area contributed by atoms with Gasteiger partial charge in [0.2, 0.25) is 5.91 Å². The van der Waals surface area contributed by atoms with Crippen molar-refractivity contribution in [2.45, 2.75) is 10.6 Å². The number of aromatic carboxylic acids is 1. The number of rotatable bonds is 5. The molecule has 0 saturated heterocycles. The van der Waals surface area contributed by atoms with Crippen LogP contribution in [0.1, 0.15) is 26.3 Å². The number of thioether (sulfide) groups is 1. The van der Waals surface area contributed by atoms with Crippen LogP contribution in [0.5, 0.6) is 0 Å². The van der Waals surface area contributed by atoms with Gasteiger partial charge >= 0.3 is 5.97 Å². The van der Waals surface area contributed by atoms with Gasteiger partial charge in [-0.2, -0.15) is 0 Å². The van der Waals surface area contributed by atoms with E-state index in [1.807, 2.05) is 18.2 Å². The zero-order valence-electron chi connectivity index (χ0n) is 10.6. The Hall–Kier alpha value is -2.27. The van der Waals surface area contributed by atoms with Crippen molar-refractivity contribution in [1.29, 1.82) is 0 Å². The number of amides is 1. The van der Waals surface area contributed by atoms with Gasteiger partial charge in [0, 0.05) is 16.2 Å². The Labute approximate surface area is 120 Å². The summed E-state index contributed by atoms with van der Waals surface area (Å²) < 4.78 is 0. The van der Waals surface area contributed by atoms with Gasteiger partial charge in [-0.05, 0) is 29.8 Å². The van der Waals surface area contributed by atoms with Crippen LogP contribution >= 0.6 is 11.8 Å². The second kappa shape index (κ2) is 6.25. The van der Waals surface area contributed by atoms with Gasteiger partial charge in [0.05, 0.1) is 5.56 Å². The zero-order chi connectivity index (χ0) is 14.5. The summed E-state index contributed by atoms with van der Waals surface area (Å²) in [7, 11) is 0. The van der Waals surface area contributed by atoms with Gasteiger partial charge in [0.15, 0.2) is 0 Å². The molecule has 4 nitrogen and oxygen atoms in total. The van der Waals surface area contributed by atoms with E-state index in [4.69, 9.17) is 10.8 Å². The van der Waals surface area contributed by atoms with E-state index >= 15 is 0 Å². The summed E-state index contributed by atoms with van der Waals surface area (Å²) in [6.45, 7) is 0. The number of carbonyl (C=O) groups excluding carboxylic acids is 1. The first kappa shape index (κ1) is 14.1. The van der Waals surface area contributed by atoms with Crippen molar-refractivity contribution in [2.24, 2.45) is 5.73 Å². The summed E-state index contributed by atoms with van der Waals surface area (Å²) >= 11 is 1.45. The highest BCUT2D eigenvalue weighted by molar-refractivity contribution is 7.98. The molecule has 0 aromatic heterocycles. The molecule has 0 radical (unpaired) electrons. The minimum atomic E-state index is -0.933. The summed E-state index contributed by atoms with van der Waals surface area (Å²) in [5.74, 6) is -0.763. The average molecular weight is 287 g/mol. The van der Waals surface area contributed by atoms with E-state index in [0.29, 0.717) is 16.9 Å². The highest BCUT2D eigenvalue weighted by Gasteiger charge is 2.09. The summed E-state index contributed by atoms with van der Waals surface area (Å²) in [6.07, 6.45) is 0. The van der Waals surface area contributed by atoms with Crippen molar-refractivity contribution in [3.05, 3.63) is 65.2 Å². The molecular formula is C15H13NO3S. The Balaban J connectivity index is 2.09. The van der Waals surface area contributed by atoms with Crippen LogP contribution in [0.15, 0.2) is 53.4 Å². The molecule has 0 unspecified atom stereocenters. The lowest BCUT2D eigenvalue weighted by Gasteiger charge is -2.06. The number of carboxylic acids is 1. The summed E-state index contributed by atoms with van der Waals surface area (Å²) in [6, 6.07) is 13.8. The first-order chi connectivity index (χ1) is 9.58. The molecule has 2 aromatic carbocycles. The van der Waals surface area contributed by atoms with E-state index < -0.39 is 11.9 Å². The normalized spacial score (nSPS) is 10.2. The molecule has 0 atom stereocenters. The van der Waals surface area contributed by atoms with Crippen molar-refractivity contribution in [3.63, 3.8) is 0 Å². The molecule has 0 saturated carbocycles. The van der Waals surface area contributed by atoms with E-state index in [0.717, 1.165) is 10.5 Å². The van der Waals surface area contributed by atoms with Crippen molar-refractivity contribution in [3.8, 4) is 0 Å². The highest BCUT2D eigenvalue weighted by atomic mass is 32.2. The first-order valence-corrected chi connectivity index (χ1v) is 6.90. The van der Waals surface area contributed by atoms with E-state index in [1.54, 1.807) is 30.3 Å². The minimum Gasteiger partial charge on any atom is -0.478 e. The van der Waals surface area contributed by atoms with Gasteiger partial charge < -0.3 is 10.8 Å². The topological polar surface area (TPSA) is 80.4 Å². The number of hydrogen-bond acceptors (Lipinski definition) is 3. The smallest absolute Gasteiger partial charge is 0.336 e. The third-order valence-corrected chi connectivity index (χ3v) is 3.89. The maximum atomic E-state index is 11.1. The fraction of sp³-hybridized carbons (Fsp3) is 0.0667. The lowest BCUT2D eigenvalue weighted by atomic mass is 10.1. The van der Waals surface area contributed by atoms with Crippen LogP contribution in [0, 0.1) is 0 Å². The average Bonchev–Trinajstić information content (AvgIpc) is 2.45. The largest absolute Gasteiger partial charge is 0.478 e. The van der Waals surface area contributed by atoms with Crippen LogP contribution in [-0.2, 0) is 5.75 Å². The Morgan fingerprint density at radius 2 is 1.70 bits per heavy atom. The molecule has 1 amide bonds. The summed E-state index contributed by atoms with van der Waals surface area (Å²) in [4.78, 5) is 22.8. The molecule has 2 aromatic rings. The van der Waals surface area contributed by atoms with Crippen LogP contribution < -0.4 is 5.73 Å². The number of nitrogens with two attached hydrogens (primary N) is 1. The molecular weight excluding hydrogens is 274 g/mol. The summed E-state index contributed by atoms with van der Waals surface area (Å²) in [5.41, 5.74) is 6.93. The van der Waals surface area contributed by atoms with E-state index in [-0.39, 0.29) is 0 Å². The quantitative estimate of drug-likeness (QED) is 0.829. The van der Waals surface area contributed by atoms with Crippen molar-refractivity contribution in [2.75, 3.05) is 0 Å². The van der Waals surface area contributed by atoms with Crippen LogP contribution in [-0.4, -0.2) is 17.0 Å². The Morgan fingerprint density at radius 3 is 2.30 bits per heavy atom. The molecule has 0 bridgehead atoms. The zero-order valence-corrected chi connectivity index (χ0v) is 11.4. The maximum absolute atomic E-state index is 11.1. The fourth-order valence-electron chi connectivity index (χ4n) is 1.70. The van der Waals surface area contributed by atoms with Gasteiger partial charge in [0.1, 0.15) is 0 Å². The standard InChI is InChI=1S/C15H13NO3S/c16-14(17)11-7-5-10(6-8-11)9-20-13-4-2-1-3-12(13)15(18)19/h1-8H,9H2,(H2,16,17)(H,18,19). The SMILES string of the molecule is NC(=O)c1ccc(CSc2ccccc2C(=O)O)cc1. The fourth-order valence-corrected chi connectivity index (χ4v) is 2.70.